The fourth-order valence-electron chi connectivity index (χ4n) is 1.63. The van der Waals surface area contributed by atoms with E-state index in [2.05, 4.69) is 13.8 Å². The molecule has 0 fully saturated rings. The van der Waals surface area contributed by atoms with Crippen LogP contribution in [0.5, 0.6) is 0 Å². The molecular formula is C13H22Cl6. The first kappa shape index (κ1) is 20.7. The molecule has 0 rings (SSSR count). The van der Waals surface area contributed by atoms with Crippen molar-refractivity contribution in [2.24, 2.45) is 5.92 Å². The molecule has 0 aromatic rings. The number of alkyl halides is 6. The SMILES string of the molecule is CC(C)C(Cl)C(Cl)CCC(Cl)C(Cl)CC(Cl)C(C)Cl. The first-order valence-electron chi connectivity index (χ1n) is 6.51. The van der Waals surface area contributed by atoms with E-state index in [1.165, 1.54) is 0 Å². The van der Waals surface area contributed by atoms with Crippen LogP contribution < -0.4 is 0 Å². The first-order valence-corrected chi connectivity index (χ1v) is 9.13. The van der Waals surface area contributed by atoms with Crippen molar-refractivity contribution in [3.8, 4) is 0 Å². The van der Waals surface area contributed by atoms with Crippen molar-refractivity contribution in [3.05, 3.63) is 0 Å². The Morgan fingerprint density at radius 1 is 0.632 bits per heavy atom. The van der Waals surface area contributed by atoms with Crippen molar-refractivity contribution < 1.29 is 0 Å². The highest BCUT2D eigenvalue weighted by molar-refractivity contribution is 6.32. The van der Waals surface area contributed by atoms with E-state index < -0.39 is 0 Å². The van der Waals surface area contributed by atoms with Gasteiger partial charge in [0, 0.05) is 5.38 Å². The Balaban J connectivity index is 4.06. The second-order valence-corrected chi connectivity index (χ2v) is 8.68. The summed E-state index contributed by atoms with van der Waals surface area (Å²) < 4.78 is 0. The lowest BCUT2D eigenvalue weighted by Crippen LogP contribution is -2.26. The summed E-state index contributed by atoms with van der Waals surface area (Å²) in [5.74, 6) is 0.342. The molecule has 6 unspecified atom stereocenters. The van der Waals surface area contributed by atoms with E-state index in [4.69, 9.17) is 69.6 Å². The summed E-state index contributed by atoms with van der Waals surface area (Å²) in [4.78, 5) is 0. The molecule has 0 aliphatic carbocycles. The molecule has 0 aliphatic rings. The van der Waals surface area contributed by atoms with Gasteiger partial charge < -0.3 is 0 Å². The molecule has 19 heavy (non-hydrogen) atoms. The zero-order valence-corrected chi connectivity index (χ0v) is 16.0. The standard InChI is InChI=1S/C13H22Cl6/c1-7(2)13(19)10(16)5-4-9(15)12(18)6-11(17)8(3)14/h7-13H,4-6H2,1-3H3. The average Bonchev–Trinajstić information content (AvgIpc) is 2.33. The fourth-order valence-corrected chi connectivity index (χ4v) is 3.10. The molecule has 0 aromatic carbocycles. The van der Waals surface area contributed by atoms with Gasteiger partial charge >= 0.3 is 0 Å². The third-order valence-electron chi connectivity index (χ3n) is 3.04. The van der Waals surface area contributed by atoms with Crippen molar-refractivity contribution in [1.29, 1.82) is 0 Å². The maximum atomic E-state index is 6.27. The van der Waals surface area contributed by atoms with Crippen LogP contribution in [0.1, 0.15) is 40.0 Å². The van der Waals surface area contributed by atoms with Gasteiger partial charge in [0.15, 0.2) is 0 Å². The summed E-state index contributed by atoms with van der Waals surface area (Å²) in [6, 6.07) is 0. The predicted molar refractivity (Wildman–Crippen MR) is 92.2 cm³/mol. The maximum Gasteiger partial charge on any atom is 0.0522 e. The van der Waals surface area contributed by atoms with Crippen LogP contribution in [0.15, 0.2) is 0 Å². The Morgan fingerprint density at radius 2 is 1.11 bits per heavy atom. The molecule has 0 aromatic heterocycles. The molecule has 0 aliphatic heterocycles. The molecule has 0 amide bonds. The summed E-state index contributed by atoms with van der Waals surface area (Å²) >= 11 is 37.0. The molecule has 0 saturated heterocycles. The second kappa shape index (κ2) is 10.5. The predicted octanol–water partition coefficient (Wildman–Crippen LogP) is 6.48. The van der Waals surface area contributed by atoms with Crippen molar-refractivity contribution in [2.45, 2.75) is 72.3 Å². The van der Waals surface area contributed by atoms with Gasteiger partial charge in [0.25, 0.3) is 0 Å². The number of hydrogen-bond acceptors (Lipinski definition) is 0. The molecule has 0 heterocycles. The zero-order valence-electron chi connectivity index (χ0n) is 11.4. The average molecular weight is 391 g/mol. The molecule has 6 heteroatoms. The van der Waals surface area contributed by atoms with Crippen LogP contribution in [0.4, 0.5) is 0 Å². The van der Waals surface area contributed by atoms with Crippen LogP contribution in [-0.2, 0) is 0 Å². The third-order valence-corrected chi connectivity index (χ3v) is 6.59. The van der Waals surface area contributed by atoms with E-state index >= 15 is 0 Å². The lowest BCUT2D eigenvalue weighted by molar-refractivity contribution is 0.527. The summed E-state index contributed by atoms with van der Waals surface area (Å²) in [7, 11) is 0. The Hall–Kier alpha value is 1.74. The smallest absolute Gasteiger partial charge is 0.0522 e. The van der Waals surface area contributed by atoms with Gasteiger partial charge in [-0.25, -0.2) is 0 Å². The number of hydrogen-bond donors (Lipinski definition) is 0. The third kappa shape index (κ3) is 8.69. The lowest BCUT2D eigenvalue weighted by atomic mass is 10.0. The summed E-state index contributed by atoms with van der Waals surface area (Å²) in [5, 5.41) is -0.819. The molecule has 0 N–H and O–H groups in total. The van der Waals surface area contributed by atoms with E-state index in [0.717, 1.165) is 12.8 Å². The molecule has 0 nitrogen and oxygen atoms in total. The lowest BCUT2D eigenvalue weighted by Gasteiger charge is -2.23. The molecule has 116 valence electrons. The molecule has 6 atom stereocenters. The van der Waals surface area contributed by atoms with Crippen molar-refractivity contribution in [1.82, 2.24) is 0 Å². The minimum Gasteiger partial charge on any atom is -0.122 e. The quantitative estimate of drug-likeness (QED) is 0.395. The zero-order chi connectivity index (χ0) is 15.2. The van der Waals surface area contributed by atoms with Crippen molar-refractivity contribution >= 4 is 69.6 Å². The molecule has 0 saturated carbocycles. The molecule has 0 radical (unpaired) electrons. The number of halogens is 6. The maximum absolute atomic E-state index is 6.27. The van der Waals surface area contributed by atoms with Gasteiger partial charge in [0.05, 0.1) is 26.9 Å². The molecule has 0 bridgehead atoms. The first-order chi connectivity index (χ1) is 8.66. The highest BCUT2D eigenvalue weighted by atomic mass is 35.5. The highest BCUT2D eigenvalue weighted by Gasteiger charge is 2.25. The Morgan fingerprint density at radius 3 is 1.53 bits per heavy atom. The van der Waals surface area contributed by atoms with Gasteiger partial charge in [-0.05, 0) is 32.1 Å². The van der Waals surface area contributed by atoms with E-state index in [0.29, 0.717) is 12.3 Å². The van der Waals surface area contributed by atoms with Crippen LogP contribution in [0.25, 0.3) is 0 Å². The van der Waals surface area contributed by atoms with E-state index in [-0.39, 0.29) is 32.3 Å². The highest BCUT2D eigenvalue weighted by Crippen LogP contribution is 2.28. The minimum atomic E-state index is -0.206. The summed E-state index contributed by atoms with van der Waals surface area (Å²) in [6.07, 6.45) is 2.05. The van der Waals surface area contributed by atoms with Crippen LogP contribution >= 0.6 is 69.6 Å². The van der Waals surface area contributed by atoms with E-state index in [1.54, 1.807) is 0 Å². The van der Waals surface area contributed by atoms with Crippen LogP contribution in [0.2, 0.25) is 0 Å². The second-order valence-electron chi connectivity index (χ2n) is 5.24. The Bertz CT molecular complexity index is 233. The van der Waals surface area contributed by atoms with Crippen molar-refractivity contribution in [2.75, 3.05) is 0 Å². The Labute approximate surface area is 147 Å². The van der Waals surface area contributed by atoms with Gasteiger partial charge in [-0.2, -0.15) is 0 Å². The largest absolute Gasteiger partial charge is 0.122 e. The van der Waals surface area contributed by atoms with Crippen LogP contribution in [0, 0.1) is 5.92 Å². The van der Waals surface area contributed by atoms with E-state index in [9.17, 15) is 0 Å². The topological polar surface area (TPSA) is 0 Å². The monoisotopic (exact) mass is 388 g/mol. The normalized spacial score (nSPS) is 21.8. The van der Waals surface area contributed by atoms with Gasteiger partial charge in [-0.15, -0.1) is 69.6 Å². The Kier molecular flexibility index (Phi) is 11.4. The van der Waals surface area contributed by atoms with Crippen LogP contribution in [0.3, 0.4) is 0 Å². The van der Waals surface area contributed by atoms with E-state index in [1.807, 2.05) is 6.92 Å². The van der Waals surface area contributed by atoms with Crippen molar-refractivity contribution in [3.63, 3.8) is 0 Å². The number of rotatable bonds is 9. The molecule has 0 spiro atoms. The fraction of sp³-hybridized carbons (Fsp3) is 1.00. The summed E-state index contributed by atoms with van der Waals surface area (Å²) in [6.45, 7) is 5.95. The van der Waals surface area contributed by atoms with Gasteiger partial charge in [-0.3, -0.25) is 0 Å². The van der Waals surface area contributed by atoms with Gasteiger partial charge in [0.2, 0.25) is 0 Å². The van der Waals surface area contributed by atoms with Crippen LogP contribution in [-0.4, -0.2) is 32.3 Å². The summed E-state index contributed by atoms with van der Waals surface area (Å²) in [5.41, 5.74) is 0. The minimum absolute atomic E-state index is 0.0528. The van der Waals surface area contributed by atoms with Gasteiger partial charge in [0.1, 0.15) is 0 Å². The van der Waals surface area contributed by atoms with Gasteiger partial charge in [-0.1, -0.05) is 13.8 Å². The molecular weight excluding hydrogens is 369 g/mol.